The molecule has 0 unspecified atom stereocenters. The molecule has 0 aliphatic heterocycles. The maximum atomic E-state index is 12.0. The molecule has 0 saturated carbocycles. The second-order valence-electron chi connectivity index (χ2n) is 4.35. The first-order chi connectivity index (χ1) is 11.2. The zero-order valence-corrected chi connectivity index (χ0v) is 14.0. The average molecular weight is 382 g/mol. The number of thioether (sulfide) groups is 1. The summed E-state index contributed by atoms with van der Waals surface area (Å²) in [7, 11) is 0. The number of thiazole rings is 1. The highest BCUT2D eigenvalue weighted by atomic mass is 32.2. The molecule has 0 spiro atoms. The molecule has 8 N–H and O–H groups in total. The summed E-state index contributed by atoms with van der Waals surface area (Å²) < 4.78 is 36.0. The fourth-order valence-corrected chi connectivity index (χ4v) is 2.85. The number of hydrogen-bond donors (Lipinski definition) is 6. The summed E-state index contributed by atoms with van der Waals surface area (Å²) in [6, 6.07) is 0. The van der Waals surface area contributed by atoms with Crippen molar-refractivity contribution in [3.05, 3.63) is 11.1 Å². The van der Waals surface area contributed by atoms with E-state index >= 15 is 0 Å². The number of hydrogen-bond acceptors (Lipinski definition) is 6. The second kappa shape index (κ2) is 9.32. The topological polar surface area (TPSA) is 149 Å². The molecule has 0 aliphatic carbocycles. The van der Waals surface area contributed by atoms with Crippen LogP contribution in [0.4, 0.5) is 18.3 Å². The Morgan fingerprint density at radius 1 is 1.38 bits per heavy atom. The molecule has 134 valence electrons. The van der Waals surface area contributed by atoms with E-state index in [4.69, 9.17) is 22.3 Å². The predicted molar refractivity (Wildman–Crippen MR) is 92.1 cm³/mol. The van der Waals surface area contributed by atoms with Crippen molar-refractivity contribution >= 4 is 45.9 Å². The first kappa shape index (κ1) is 20.0. The first-order valence-electron chi connectivity index (χ1n) is 6.50. The van der Waals surface area contributed by atoms with E-state index in [0.29, 0.717) is 23.2 Å². The van der Waals surface area contributed by atoms with Gasteiger partial charge in [-0.25, -0.2) is 9.98 Å². The lowest BCUT2D eigenvalue weighted by atomic mass is 10.5. The molecule has 0 fully saturated rings. The summed E-state index contributed by atoms with van der Waals surface area (Å²) in [4.78, 5) is 7.36. The van der Waals surface area contributed by atoms with Crippen molar-refractivity contribution in [1.29, 1.82) is 10.8 Å². The van der Waals surface area contributed by atoms with Gasteiger partial charge in [0.05, 0.1) is 5.69 Å². The number of rotatable bonds is 7. The summed E-state index contributed by atoms with van der Waals surface area (Å²) in [5, 5.41) is 21.6. The Morgan fingerprint density at radius 2 is 2.08 bits per heavy atom. The Balaban J connectivity index is 2.31. The van der Waals surface area contributed by atoms with Gasteiger partial charge in [0.1, 0.15) is 6.54 Å². The number of aromatic nitrogens is 1. The van der Waals surface area contributed by atoms with E-state index in [1.165, 1.54) is 11.3 Å². The lowest BCUT2D eigenvalue weighted by Crippen LogP contribution is -2.36. The molecule has 0 amide bonds. The van der Waals surface area contributed by atoms with Crippen LogP contribution in [0, 0.1) is 10.8 Å². The summed E-state index contributed by atoms with van der Waals surface area (Å²) in [5.41, 5.74) is 11.2. The summed E-state index contributed by atoms with van der Waals surface area (Å²) in [5.74, 6) is 0.482. The Bertz CT molecular complexity index is 598. The van der Waals surface area contributed by atoms with Crippen LogP contribution in [0.1, 0.15) is 5.69 Å². The van der Waals surface area contributed by atoms with E-state index in [2.05, 4.69) is 20.6 Å². The third-order valence-electron chi connectivity index (χ3n) is 2.28. The number of anilines is 1. The van der Waals surface area contributed by atoms with Crippen LogP contribution in [-0.4, -0.2) is 47.6 Å². The van der Waals surface area contributed by atoms with E-state index < -0.39 is 12.7 Å². The van der Waals surface area contributed by atoms with Gasteiger partial charge in [-0.3, -0.25) is 10.8 Å². The molecule has 0 saturated heterocycles. The lowest BCUT2D eigenvalue weighted by molar-refractivity contribution is -0.118. The average Bonchev–Trinajstić information content (AvgIpc) is 2.91. The Morgan fingerprint density at radius 3 is 2.71 bits per heavy atom. The van der Waals surface area contributed by atoms with Gasteiger partial charge in [-0.15, -0.1) is 11.3 Å². The third kappa shape index (κ3) is 8.57. The molecule has 0 atom stereocenters. The lowest BCUT2D eigenvalue weighted by Gasteiger charge is -2.05. The minimum absolute atomic E-state index is 0.121. The van der Waals surface area contributed by atoms with E-state index in [-0.39, 0.29) is 17.6 Å². The summed E-state index contributed by atoms with van der Waals surface area (Å²) in [6.45, 7) is -0.864. The van der Waals surface area contributed by atoms with Crippen molar-refractivity contribution in [3.8, 4) is 0 Å². The number of halogens is 3. The summed E-state index contributed by atoms with van der Waals surface area (Å²) in [6.07, 6.45) is -4.40. The monoisotopic (exact) mass is 382 g/mol. The first-order valence-corrected chi connectivity index (χ1v) is 8.53. The predicted octanol–water partition coefficient (Wildman–Crippen LogP) is 1.17. The highest BCUT2D eigenvalue weighted by molar-refractivity contribution is 7.98. The molecular formula is C11H17F3N8S2. The number of alkyl halides is 3. The number of amidine groups is 2. The molecule has 0 radical (unpaired) electrons. The maximum absolute atomic E-state index is 12.0. The number of aliphatic imine (C=N–C) groups is 1. The van der Waals surface area contributed by atoms with Gasteiger partial charge < -0.3 is 22.1 Å². The molecule has 1 aromatic rings. The Hall–Kier alpha value is -2.02. The SMILES string of the molecule is N=C(N)C(=N)NCCSCc1csc(N/C(N)=N\CC(F)(F)F)n1. The summed E-state index contributed by atoms with van der Waals surface area (Å²) >= 11 is 2.75. The van der Waals surface area contributed by atoms with Gasteiger partial charge in [0, 0.05) is 23.4 Å². The van der Waals surface area contributed by atoms with Crippen LogP contribution in [-0.2, 0) is 5.75 Å². The zero-order valence-electron chi connectivity index (χ0n) is 12.4. The van der Waals surface area contributed by atoms with Crippen LogP contribution in [0.15, 0.2) is 10.4 Å². The minimum Gasteiger partial charge on any atom is -0.381 e. The molecule has 1 heterocycles. The van der Waals surface area contributed by atoms with Crippen LogP contribution in [0.2, 0.25) is 0 Å². The molecule has 0 aliphatic rings. The van der Waals surface area contributed by atoms with Gasteiger partial charge in [0.2, 0.25) is 0 Å². The van der Waals surface area contributed by atoms with Crippen molar-refractivity contribution in [2.24, 2.45) is 16.5 Å². The molecule has 1 aromatic heterocycles. The molecule has 8 nitrogen and oxygen atoms in total. The van der Waals surface area contributed by atoms with Crippen LogP contribution in [0.5, 0.6) is 0 Å². The third-order valence-corrected chi connectivity index (χ3v) is 4.08. The van der Waals surface area contributed by atoms with Crippen LogP contribution < -0.4 is 22.1 Å². The Kier molecular flexibility index (Phi) is 7.78. The van der Waals surface area contributed by atoms with E-state index in [0.717, 1.165) is 5.69 Å². The van der Waals surface area contributed by atoms with E-state index in [1.807, 2.05) is 0 Å². The van der Waals surface area contributed by atoms with Crippen molar-refractivity contribution in [1.82, 2.24) is 10.3 Å². The van der Waals surface area contributed by atoms with E-state index in [1.54, 1.807) is 17.1 Å². The van der Waals surface area contributed by atoms with Gasteiger partial charge in [-0.1, -0.05) is 0 Å². The molecule has 1 rings (SSSR count). The van der Waals surface area contributed by atoms with Gasteiger partial charge in [0.15, 0.2) is 22.8 Å². The van der Waals surface area contributed by atoms with Gasteiger partial charge >= 0.3 is 6.18 Å². The highest BCUT2D eigenvalue weighted by Crippen LogP contribution is 2.19. The number of nitrogens with one attached hydrogen (secondary N) is 4. The fraction of sp³-hybridized carbons (Fsp3) is 0.455. The van der Waals surface area contributed by atoms with Crippen LogP contribution in [0.25, 0.3) is 0 Å². The van der Waals surface area contributed by atoms with Gasteiger partial charge in [0.25, 0.3) is 0 Å². The molecular weight excluding hydrogens is 365 g/mol. The van der Waals surface area contributed by atoms with Gasteiger partial charge in [-0.2, -0.15) is 24.9 Å². The standard InChI is InChI=1S/C11H17F3N8S2/c12-11(13,14)5-20-9(18)22-10-21-6(4-24-10)3-23-2-1-19-8(17)7(15)16/h4H,1-3,5H2,(H3,15,16)(H2,17,19)(H3,18,20,21,22). The zero-order chi connectivity index (χ0) is 18.2. The van der Waals surface area contributed by atoms with E-state index in [9.17, 15) is 13.2 Å². The van der Waals surface area contributed by atoms with Crippen LogP contribution >= 0.6 is 23.1 Å². The number of nitrogens with two attached hydrogens (primary N) is 2. The Labute approximate surface area is 144 Å². The van der Waals surface area contributed by atoms with Crippen molar-refractivity contribution in [3.63, 3.8) is 0 Å². The normalized spacial score (nSPS) is 12.0. The van der Waals surface area contributed by atoms with Crippen molar-refractivity contribution < 1.29 is 13.2 Å². The largest absolute Gasteiger partial charge is 0.408 e. The highest BCUT2D eigenvalue weighted by Gasteiger charge is 2.26. The van der Waals surface area contributed by atoms with Gasteiger partial charge in [-0.05, 0) is 0 Å². The van der Waals surface area contributed by atoms with Crippen molar-refractivity contribution in [2.75, 3.05) is 24.2 Å². The molecule has 24 heavy (non-hydrogen) atoms. The fourth-order valence-electron chi connectivity index (χ4n) is 1.27. The number of guanidine groups is 1. The maximum Gasteiger partial charge on any atom is 0.408 e. The minimum atomic E-state index is -4.40. The van der Waals surface area contributed by atoms with Crippen LogP contribution in [0.3, 0.4) is 0 Å². The molecule has 0 bridgehead atoms. The molecule has 13 heteroatoms. The number of nitrogens with zero attached hydrogens (tertiary/aromatic N) is 2. The quantitative estimate of drug-likeness (QED) is 0.237. The second-order valence-corrected chi connectivity index (χ2v) is 6.32. The van der Waals surface area contributed by atoms with Crippen molar-refractivity contribution in [2.45, 2.75) is 11.9 Å². The smallest absolute Gasteiger partial charge is 0.381 e. The molecule has 0 aromatic carbocycles.